The van der Waals surface area contributed by atoms with E-state index in [9.17, 15) is 14.0 Å². The van der Waals surface area contributed by atoms with Crippen LogP contribution in [0, 0.1) is 5.82 Å². The molecule has 112 valence electrons. The smallest absolute Gasteiger partial charge is 0.333 e. The summed E-state index contributed by atoms with van der Waals surface area (Å²) in [5.41, 5.74) is 0.318. The average molecular weight is 313 g/mol. The minimum absolute atomic E-state index is 0.0330. The molecule has 1 unspecified atom stereocenters. The molecule has 9 heteroatoms. The maximum absolute atomic E-state index is 13.2. The maximum Gasteiger partial charge on any atom is 0.333 e. The summed E-state index contributed by atoms with van der Waals surface area (Å²) >= 11 is 3.93. The van der Waals surface area contributed by atoms with Crippen LogP contribution >= 0.6 is 12.8 Å². The summed E-state index contributed by atoms with van der Waals surface area (Å²) in [7, 11) is 1.20. The summed E-state index contributed by atoms with van der Waals surface area (Å²) in [6.45, 7) is 1.44. The standard InChI is InChI=1S/C12H12FN3O4S/c1-6(11(17)19-2)16(21)12(18)14-10-8-5-7(13)3-4-9(8)20-15-10/h3-6,21H,1-2H3,(H,14,15,18). The summed E-state index contributed by atoms with van der Waals surface area (Å²) in [5, 5.41) is 6.32. The number of methoxy groups -OCH3 is 1. The SMILES string of the molecule is COC(=O)C(C)N(S)C(=O)Nc1noc2ccc(F)cc12. The summed E-state index contributed by atoms with van der Waals surface area (Å²) < 4.78 is 23.5. The first-order valence-corrected chi connectivity index (χ1v) is 6.26. The van der Waals surface area contributed by atoms with E-state index in [1.165, 1.54) is 32.2 Å². The quantitative estimate of drug-likeness (QED) is 0.670. The van der Waals surface area contributed by atoms with Crippen LogP contribution in [0.15, 0.2) is 22.7 Å². The lowest BCUT2D eigenvalue weighted by Crippen LogP contribution is -2.39. The molecular formula is C12H12FN3O4S. The average Bonchev–Trinajstić information content (AvgIpc) is 2.87. The zero-order valence-electron chi connectivity index (χ0n) is 11.2. The highest BCUT2D eigenvalue weighted by Gasteiger charge is 2.25. The third-order valence-electron chi connectivity index (χ3n) is 2.77. The maximum atomic E-state index is 13.2. The largest absolute Gasteiger partial charge is 0.467 e. The van der Waals surface area contributed by atoms with Crippen molar-refractivity contribution in [3.8, 4) is 0 Å². The Balaban J connectivity index is 2.18. The number of amides is 2. The van der Waals surface area contributed by atoms with Crippen molar-refractivity contribution in [1.29, 1.82) is 0 Å². The van der Waals surface area contributed by atoms with Gasteiger partial charge in [-0.15, -0.1) is 0 Å². The van der Waals surface area contributed by atoms with Gasteiger partial charge in [0, 0.05) is 0 Å². The van der Waals surface area contributed by atoms with Crippen LogP contribution in [0.4, 0.5) is 15.0 Å². The number of carbonyl (C=O) groups excluding carboxylic acids is 2. The number of esters is 1. The van der Waals surface area contributed by atoms with Crippen LogP contribution in [0.1, 0.15) is 6.92 Å². The van der Waals surface area contributed by atoms with Crippen molar-refractivity contribution in [3.05, 3.63) is 24.0 Å². The Labute approximate surface area is 124 Å². The van der Waals surface area contributed by atoms with E-state index in [4.69, 9.17) is 4.52 Å². The molecule has 21 heavy (non-hydrogen) atoms. The topological polar surface area (TPSA) is 84.7 Å². The number of nitrogens with one attached hydrogen (secondary N) is 1. The fraction of sp³-hybridized carbons (Fsp3) is 0.250. The lowest BCUT2D eigenvalue weighted by Gasteiger charge is -2.20. The molecule has 2 aromatic rings. The molecule has 1 aromatic carbocycles. The number of hydrogen-bond donors (Lipinski definition) is 2. The predicted octanol–water partition coefficient (Wildman–Crippen LogP) is 2.21. The van der Waals surface area contributed by atoms with Crippen LogP contribution in [0.3, 0.4) is 0 Å². The Morgan fingerprint density at radius 2 is 2.24 bits per heavy atom. The molecule has 0 spiro atoms. The van der Waals surface area contributed by atoms with Crippen LogP contribution in [0.2, 0.25) is 0 Å². The molecule has 0 fully saturated rings. The minimum atomic E-state index is -0.909. The van der Waals surface area contributed by atoms with Gasteiger partial charge in [0.15, 0.2) is 11.4 Å². The van der Waals surface area contributed by atoms with Gasteiger partial charge in [0.05, 0.1) is 12.5 Å². The molecular weight excluding hydrogens is 301 g/mol. The Morgan fingerprint density at radius 1 is 1.52 bits per heavy atom. The second-order valence-corrected chi connectivity index (χ2v) is 4.58. The number of anilines is 1. The van der Waals surface area contributed by atoms with Gasteiger partial charge in [-0.3, -0.25) is 9.62 Å². The fourth-order valence-electron chi connectivity index (χ4n) is 1.61. The van der Waals surface area contributed by atoms with E-state index in [2.05, 4.69) is 28.0 Å². The van der Waals surface area contributed by atoms with E-state index >= 15 is 0 Å². The number of urea groups is 1. The number of ether oxygens (including phenoxy) is 1. The molecule has 0 saturated heterocycles. The zero-order valence-corrected chi connectivity index (χ0v) is 12.1. The number of hydrogen-bond acceptors (Lipinski definition) is 6. The summed E-state index contributed by atoms with van der Waals surface area (Å²) in [4.78, 5) is 23.3. The second-order valence-electron chi connectivity index (χ2n) is 4.15. The lowest BCUT2D eigenvalue weighted by atomic mass is 10.2. The number of thiol groups is 1. The van der Waals surface area contributed by atoms with Gasteiger partial charge in [-0.25, -0.2) is 14.0 Å². The van der Waals surface area contributed by atoms with Crippen LogP contribution in [-0.4, -0.2) is 34.6 Å². The number of carbonyl (C=O) groups is 2. The van der Waals surface area contributed by atoms with Gasteiger partial charge in [0.2, 0.25) is 0 Å². The molecule has 0 bridgehead atoms. The van der Waals surface area contributed by atoms with E-state index in [1.54, 1.807) is 0 Å². The number of rotatable bonds is 3. The van der Waals surface area contributed by atoms with Crippen molar-refractivity contribution in [2.24, 2.45) is 0 Å². The minimum Gasteiger partial charge on any atom is -0.467 e. The van der Waals surface area contributed by atoms with Crippen molar-refractivity contribution >= 4 is 41.6 Å². The Bertz CT molecular complexity index is 690. The van der Waals surface area contributed by atoms with Crippen LogP contribution < -0.4 is 5.32 Å². The molecule has 1 heterocycles. The monoisotopic (exact) mass is 313 g/mol. The fourth-order valence-corrected chi connectivity index (χ4v) is 1.75. The van der Waals surface area contributed by atoms with Crippen LogP contribution in [-0.2, 0) is 9.53 Å². The molecule has 0 saturated carbocycles. The number of nitrogens with zero attached hydrogens (tertiary/aromatic N) is 2. The number of halogens is 1. The van der Waals surface area contributed by atoms with Crippen molar-refractivity contribution < 1.29 is 23.2 Å². The summed E-state index contributed by atoms with van der Waals surface area (Å²) in [5.74, 6) is -1.09. The van der Waals surface area contributed by atoms with E-state index in [0.29, 0.717) is 11.0 Å². The number of fused-ring (bicyclic) bond motifs is 1. The molecule has 2 amide bonds. The van der Waals surface area contributed by atoms with Gasteiger partial charge in [0.1, 0.15) is 11.9 Å². The Morgan fingerprint density at radius 3 is 2.90 bits per heavy atom. The van der Waals surface area contributed by atoms with E-state index in [1.807, 2.05) is 0 Å². The van der Waals surface area contributed by atoms with E-state index in [-0.39, 0.29) is 5.82 Å². The van der Waals surface area contributed by atoms with E-state index in [0.717, 1.165) is 4.31 Å². The van der Waals surface area contributed by atoms with Crippen molar-refractivity contribution in [2.75, 3.05) is 12.4 Å². The van der Waals surface area contributed by atoms with E-state index < -0.39 is 23.9 Å². The molecule has 1 atom stereocenters. The van der Waals surface area contributed by atoms with Gasteiger partial charge in [-0.05, 0) is 25.1 Å². The molecule has 0 aliphatic rings. The zero-order chi connectivity index (χ0) is 15.6. The highest BCUT2D eigenvalue weighted by molar-refractivity contribution is 7.78. The normalized spacial score (nSPS) is 12.0. The third-order valence-corrected chi connectivity index (χ3v) is 3.30. The molecule has 1 N–H and O–H groups in total. The first kappa shape index (κ1) is 15.1. The van der Waals surface area contributed by atoms with Crippen LogP contribution in [0.5, 0.6) is 0 Å². The summed E-state index contributed by atoms with van der Waals surface area (Å²) in [6, 6.07) is 2.14. The van der Waals surface area contributed by atoms with Crippen LogP contribution in [0.25, 0.3) is 11.0 Å². The van der Waals surface area contributed by atoms with Gasteiger partial charge < -0.3 is 9.26 Å². The Kier molecular flexibility index (Phi) is 4.32. The lowest BCUT2D eigenvalue weighted by molar-refractivity contribution is -0.143. The molecule has 0 aliphatic heterocycles. The number of aromatic nitrogens is 1. The highest BCUT2D eigenvalue weighted by atomic mass is 32.1. The first-order chi connectivity index (χ1) is 9.93. The third kappa shape index (κ3) is 3.07. The summed E-state index contributed by atoms with van der Waals surface area (Å²) in [6.07, 6.45) is 0. The first-order valence-electron chi connectivity index (χ1n) is 5.86. The van der Waals surface area contributed by atoms with Crippen molar-refractivity contribution in [1.82, 2.24) is 9.46 Å². The molecule has 1 aromatic heterocycles. The van der Waals surface area contributed by atoms with Crippen molar-refractivity contribution in [3.63, 3.8) is 0 Å². The molecule has 7 nitrogen and oxygen atoms in total. The Hall–Kier alpha value is -2.29. The van der Waals surface area contributed by atoms with Gasteiger partial charge in [-0.1, -0.05) is 18.0 Å². The van der Waals surface area contributed by atoms with Gasteiger partial charge in [-0.2, -0.15) is 0 Å². The van der Waals surface area contributed by atoms with Gasteiger partial charge >= 0.3 is 12.0 Å². The second kappa shape index (κ2) is 6.00. The van der Waals surface area contributed by atoms with Gasteiger partial charge in [0.25, 0.3) is 0 Å². The predicted molar refractivity (Wildman–Crippen MR) is 75.3 cm³/mol. The highest BCUT2D eigenvalue weighted by Crippen LogP contribution is 2.24. The molecule has 2 rings (SSSR count). The number of benzene rings is 1. The molecule has 0 aliphatic carbocycles. The molecule has 0 radical (unpaired) electrons. The van der Waals surface area contributed by atoms with Crippen molar-refractivity contribution in [2.45, 2.75) is 13.0 Å².